The molecule has 21 heavy (non-hydrogen) atoms. The third-order valence-electron chi connectivity index (χ3n) is 2.95. The first-order chi connectivity index (χ1) is 10.2. The Labute approximate surface area is 130 Å². The number of nitrogens with one attached hydrogen (secondary N) is 1. The zero-order chi connectivity index (χ0) is 15.1. The molecule has 1 heterocycles. The van der Waals surface area contributed by atoms with Crippen LogP contribution >= 0.6 is 11.6 Å². The second kappa shape index (κ2) is 7.96. The van der Waals surface area contributed by atoms with Crippen molar-refractivity contribution in [3.8, 4) is 0 Å². The van der Waals surface area contributed by atoms with E-state index in [0.29, 0.717) is 13.0 Å². The van der Waals surface area contributed by atoms with E-state index in [-0.39, 0.29) is 0 Å². The van der Waals surface area contributed by atoms with E-state index in [0.717, 1.165) is 40.9 Å². The summed E-state index contributed by atoms with van der Waals surface area (Å²) in [6.45, 7) is 3.50. The third-order valence-corrected chi connectivity index (χ3v) is 3.20. The van der Waals surface area contributed by atoms with Gasteiger partial charge in [0.05, 0.1) is 12.3 Å². The van der Waals surface area contributed by atoms with Crippen molar-refractivity contribution >= 4 is 17.4 Å². The summed E-state index contributed by atoms with van der Waals surface area (Å²) < 4.78 is 5.17. The summed E-state index contributed by atoms with van der Waals surface area (Å²) >= 11 is 5.91. The third kappa shape index (κ3) is 4.99. The lowest BCUT2D eigenvalue weighted by Crippen LogP contribution is -2.08. The molecule has 0 aliphatic rings. The Kier molecular flexibility index (Phi) is 5.96. The Hall–Kier alpha value is -1.65. The summed E-state index contributed by atoms with van der Waals surface area (Å²) in [5.74, 6) is 1.63. The fourth-order valence-electron chi connectivity index (χ4n) is 1.98. The molecule has 5 heteroatoms. The predicted molar refractivity (Wildman–Crippen MR) is 85.8 cm³/mol. The molecule has 0 spiro atoms. The first kappa shape index (κ1) is 15.7. The number of aromatic nitrogens is 2. The van der Waals surface area contributed by atoms with E-state index in [9.17, 15) is 0 Å². The summed E-state index contributed by atoms with van der Waals surface area (Å²) in [4.78, 5) is 9.10. The minimum Gasteiger partial charge on any atom is -0.378 e. The number of rotatable bonds is 7. The minimum absolute atomic E-state index is 0.483. The maximum Gasteiger partial charge on any atom is 0.135 e. The summed E-state index contributed by atoms with van der Waals surface area (Å²) in [7, 11) is 1.67. The van der Waals surface area contributed by atoms with Gasteiger partial charge in [0.25, 0.3) is 0 Å². The number of ether oxygens (including phenoxy) is 1. The van der Waals surface area contributed by atoms with Gasteiger partial charge in [-0.25, -0.2) is 9.97 Å². The lowest BCUT2D eigenvalue weighted by Gasteiger charge is -2.09. The lowest BCUT2D eigenvalue weighted by molar-refractivity contribution is 0.181. The van der Waals surface area contributed by atoms with Crippen LogP contribution in [-0.4, -0.2) is 23.6 Å². The molecule has 0 amide bonds. The minimum atomic E-state index is 0.483. The van der Waals surface area contributed by atoms with Crippen LogP contribution < -0.4 is 5.32 Å². The van der Waals surface area contributed by atoms with Gasteiger partial charge < -0.3 is 10.1 Å². The highest BCUT2D eigenvalue weighted by Gasteiger charge is 2.06. The predicted octanol–water partition coefficient (Wildman–Crippen LogP) is 3.69. The van der Waals surface area contributed by atoms with Crippen molar-refractivity contribution in [3.63, 3.8) is 0 Å². The maximum absolute atomic E-state index is 5.91. The Morgan fingerprint density at radius 2 is 1.95 bits per heavy atom. The molecule has 1 aromatic heterocycles. The molecule has 4 nitrogen and oxygen atoms in total. The number of nitrogens with zero attached hydrogens (tertiary/aromatic N) is 2. The molecule has 0 aliphatic heterocycles. The van der Waals surface area contributed by atoms with Crippen LogP contribution in [0.4, 0.5) is 5.82 Å². The standard InChI is InChI=1S/C16H20ClN3O/c1-3-8-18-15-10-14(11-21-2)19-16(20-15)9-12-4-6-13(17)7-5-12/h4-7,10H,3,8-9,11H2,1-2H3,(H,18,19,20). The van der Waals surface area contributed by atoms with E-state index in [1.807, 2.05) is 30.3 Å². The average molecular weight is 306 g/mol. The summed E-state index contributed by atoms with van der Waals surface area (Å²) in [5, 5.41) is 4.04. The van der Waals surface area contributed by atoms with Crippen LogP contribution in [-0.2, 0) is 17.8 Å². The van der Waals surface area contributed by atoms with Crippen molar-refractivity contribution in [3.05, 3.63) is 52.4 Å². The van der Waals surface area contributed by atoms with E-state index in [1.165, 1.54) is 0 Å². The monoisotopic (exact) mass is 305 g/mol. The molecule has 0 saturated carbocycles. The Morgan fingerprint density at radius 3 is 2.62 bits per heavy atom. The van der Waals surface area contributed by atoms with Gasteiger partial charge in [0.15, 0.2) is 0 Å². The molecule has 0 unspecified atom stereocenters. The van der Waals surface area contributed by atoms with Gasteiger partial charge in [-0.15, -0.1) is 0 Å². The quantitative estimate of drug-likeness (QED) is 0.847. The topological polar surface area (TPSA) is 47.0 Å². The number of hydrogen-bond acceptors (Lipinski definition) is 4. The summed E-state index contributed by atoms with van der Waals surface area (Å²) in [6.07, 6.45) is 1.73. The van der Waals surface area contributed by atoms with Gasteiger partial charge in [-0.1, -0.05) is 30.7 Å². The van der Waals surface area contributed by atoms with Crippen LogP contribution in [0, 0.1) is 0 Å². The number of halogens is 1. The smallest absolute Gasteiger partial charge is 0.135 e. The SMILES string of the molecule is CCCNc1cc(COC)nc(Cc2ccc(Cl)cc2)n1. The van der Waals surface area contributed by atoms with E-state index >= 15 is 0 Å². The maximum atomic E-state index is 5.91. The lowest BCUT2D eigenvalue weighted by atomic mass is 10.1. The highest BCUT2D eigenvalue weighted by atomic mass is 35.5. The van der Waals surface area contributed by atoms with Crippen LogP contribution in [0.1, 0.15) is 30.4 Å². The molecule has 2 aromatic rings. The fraction of sp³-hybridized carbons (Fsp3) is 0.375. The molecule has 0 fully saturated rings. The van der Waals surface area contributed by atoms with Gasteiger partial charge in [0, 0.05) is 31.2 Å². The Bertz CT molecular complexity index is 572. The van der Waals surface area contributed by atoms with Gasteiger partial charge in [0.1, 0.15) is 11.6 Å². The van der Waals surface area contributed by atoms with E-state index < -0.39 is 0 Å². The van der Waals surface area contributed by atoms with Crippen molar-refractivity contribution in [2.45, 2.75) is 26.4 Å². The second-order valence-electron chi connectivity index (χ2n) is 4.82. The molecular weight excluding hydrogens is 286 g/mol. The Morgan fingerprint density at radius 1 is 1.19 bits per heavy atom. The van der Waals surface area contributed by atoms with Crippen LogP contribution in [0.25, 0.3) is 0 Å². The van der Waals surface area contributed by atoms with E-state index in [1.54, 1.807) is 7.11 Å². The van der Waals surface area contributed by atoms with Gasteiger partial charge in [-0.3, -0.25) is 0 Å². The van der Waals surface area contributed by atoms with Gasteiger partial charge in [-0.05, 0) is 24.1 Å². The van der Waals surface area contributed by atoms with Gasteiger partial charge >= 0.3 is 0 Å². The molecule has 0 radical (unpaired) electrons. The van der Waals surface area contributed by atoms with Crippen molar-refractivity contribution < 1.29 is 4.74 Å². The van der Waals surface area contributed by atoms with Crippen molar-refractivity contribution in [1.82, 2.24) is 9.97 Å². The van der Waals surface area contributed by atoms with Crippen molar-refractivity contribution in [2.24, 2.45) is 0 Å². The number of anilines is 1. The first-order valence-corrected chi connectivity index (χ1v) is 7.43. The molecule has 2 rings (SSSR count). The van der Waals surface area contributed by atoms with Crippen molar-refractivity contribution in [1.29, 1.82) is 0 Å². The molecule has 0 bridgehead atoms. The average Bonchev–Trinajstić information content (AvgIpc) is 2.48. The van der Waals surface area contributed by atoms with Gasteiger partial charge in [-0.2, -0.15) is 0 Å². The second-order valence-corrected chi connectivity index (χ2v) is 5.26. The molecule has 112 valence electrons. The fourth-order valence-corrected chi connectivity index (χ4v) is 2.11. The zero-order valence-corrected chi connectivity index (χ0v) is 13.2. The number of hydrogen-bond donors (Lipinski definition) is 1. The van der Waals surface area contributed by atoms with E-state index in [2.05, 4.69) is 22.2 Å². The number of benzene rings is 1. The zero-order valence-electron chi connectivity index (χ0n) is 12.4. The van der Waals surface area contributed by atoms with Crippen LogP contribution in [0.5, 0.6) is 0 Å². The molecule has 0 saturated heterocycles. The largest absolute Gasteiger partial charge is 0.378 e. The van der Waals surface area contributed by atoms with Crippen molar-refractivity contribution in [2.75, 3.05) is 19.0 Å². The summed E-state index contributed by atoms with van der Waals surface area (Å²) in [5.41, 5.74) is 2.02. The van der Waals surface area contributed by atoms with Crippen LogP contribution in [0.15, 0.2) is 30.3 Å². The molecule has 1 N–H and O–H groups in total. The highest BCUT2D eigenvalue weighted by molar-refractivity contribution is 6.30. The first-order valence-electron chi connectivity index (χ1n) is 7.05. The molecular formula is C16H20ClN3O. The molecule has 0 atom stereocenters. The molecule has 1 aromatic carbocycles. The highest BCUT2D eigenvalue weighted by Crippen LogP contribution is 2.14. The summed E-state index contributed by atoms with van der Waals surface area (Å²) in [6, 6.07) is 9.68. The Balaban J connectivity index is 2.19. The van der Waals surface area contributed by atoms with E-state index in [4.69, 9.17) is 16.3 Å². The number of methoxy groups -OCH3 is 1. The van der Waals surface area contributed by atoms with Gasteiger partial charge in [0.2, 0.25) is 0 Å². The van der Waals surface area contributed by atoms with Crippen LogP contribution in [0.2, 0.25) is 5.02 Å². The molecule has 0 aliphatic carbocycles. The van der Waals surface area contributed by atoms with Crippen LogP contribution in [0.3, 0.4) is 0 Å². The normalized spacial score (nSPS) is 10.6.